The Hall–Kier alpha value is -1.83. The molecule has 0 saturated heterocycles. The molecule has 0 N–H and O–H groups in total. The number of Topliss-reactive ketones (excluding diaryl/α,β-unsaturated/α-hetero) is 1. The van der Waals surface area contributed by atoms with E-state index in [-0.39, 0.29) is 5.78 Å². The van der Waals surface area contributed by atoms with Gasteiger partial charge >= 0.3 is 0 Å². The molecule has 2 rings (SSSR count). The smallest absolute Gasteiger partial charge is 0.159 e. The highest BCUT2D eigenvalue weighted by Crippen LogP contribution is 2.11. The molecule has 0 fully saturated rings. The zero-order valence-corrected chi connectivity index (χ0v) is 7.97. The van der Waals surface area contributed by atoms with Crippen molar-refractivity contribution in [3.8, 4) is 5.69 Å². The molecule has 0 saturated carbocycles. The first-order valence-electron chi connectivity index (χ1n) is 4.52. The zero-order valence-electron chi connectivity index (χ0n) is 7.97. The summed E-state index contributed by atoms with van der Waals surface area (Å²) < 4.78 is 1.98. The topological polar surface area (TPSA) is 22.0 Å². The van der Waals surface area contributed by atoms with E-state index in [0.717, 1.165) is 11.3 Å². The number of nitrogens with zero attached hydrogens (tertiary/aromatic N) is 1. The minimum absolute atomic E-state index is 0.0963. The molecule has 1 aromatic heterocycles. The van der Waals surface area contributed by atoms with Gasteiger partial charge in [0.1, 0.15) is 0 Å². The number of hydrogen-bond acceptors (Lipinski definition) is 1. The van der Waals surface area contributed by atoms with Crippen molar-refractivity contribution < 1.29 is 4.79 Å². The Bertz CT molecular complexity index is 443. The normalized spacial score (nSPS) is 10.1. The average Bonchev–Trinajstić information content (AvgIpc) is 2.71. The van der Waals surface area contributed by atoms with E-state index in [0.29, 0.717) is 0 Å². The van der Waals surface area contributed by atoms with E-state index >= 15 is 0 Å². The monoisotopic (exact) mass is 185 g/mol. The summed E-state index contributed by atoms with van der Waals surface area (Å²) in [6.07, 6.45) is 3.92. The fourth-order valence-electron chi connectivity index (χ4n) is 1.39. The van der Waals surface area contributed by atoms with Crippen LogP contribution >= 0.6 is 0 Å². The Morgan fingerprint density at radius 3 is 2.50 bits per heavy atom. The fraction of sp³-hybridized carbons (Fsp3) is 0.0833. The van der Waals surface area contributed by atoms with E-state index in [1.165, 1.54) is 0 Å². The molecule has 0 amide bonds. The van der Waals surface area contributed by atoms with Crippen LogP contribution in [0.1, 0.15) is 17.3 Å². The quantitative estimate of drug-likeness (QED) is 0.659. The molecular formula is C12H11NO. The van der Waals surface area contributed by atoms with Crippen LogP contribution in [0.4, 0.5) is 0 Å². The van der Waals surface area contributed by atoms with Gasteiger partial charge in [0.2, 0.25) is 0 Å². The Labute approximate surface area is 82.8 Å². The number of carbonyl (C=O) groups is 1. The molecule has 0 radical (unpaired) electrons. The third-order valence-electron chi connectivity index (χ3n) is 2.16. The lowest BCUT2D eigenvalue weighted by atomic mass is 10.1. The van der Waals surface area contributed by atoms with Crippen molar-refractivity contribution in [2.75, 3.05) is 0 Å². The molecule has 0 bridgehead atoms. The number of rotatable bonds is 2. The Kier molecular flexibility index (Phi) is 2.19. The first kappa shape index (κ1) is 8.75. The van der Waals surface area contributed by atoms with Crippen LogP contribution in [0.15, 0.2) is 48.8 Å². The summed E-state index contributed by atoms with van der Waals surface area (Å²) in [6, 6.07) is 11.5. The molecule has 0 aliphatic heterocycles. The van der Waals surface area contributed by atoms with Crippen molar-refractivity contribution in [2.24, 2.45) is 0 Å². The third kappa shape index (κ3) is 1.59. The van der Waals surface area contributed by atoms with Gasteiger partial charge in [-0.05, 0) is 31.2 Å². The maximum Gasteiger partial charge on any atom is 0.159 e. The van der Waals surface area contributed by atoms with Gasteiger partial charge in [-0.15, -0.1) is 0 Å². The highest BCUT2D eigenvalue weighted by Gasteiger charge is 2.00. The number of hydrogen-bond donors (Lipinski definition) is 0. The van der Waals surface area contributed by atoms with Crippen molar-refractivity contribution in [3.63, 3.8) is 0 Å². The molecule has 0 spiro atoms. The highest BCUT2D eigenvalue weighted by atomic mass is 16.1. The molecule has 0 atom stereocenters. The summed E-state index contributed by atoms with van der Waals surface area (Å²) in [5, 5.41) is 0. The van der Waals surface area contributed by atoms with Crippen LogP contribution in [0.5, 0.6) is 0 Å². The van der Waals surface area contributed by atoms with Crippen LogP contribution < -0.4 is 0 Å². The number of benzene rings is 1. The van der Waals surface area contributed by atoms with E-state index in [4.69, 9.17) is 0 Å². The first-order valence-corrected chi connectivity index (χ1v) is 4.52. The van der Waals surface area contributed by atoms with Gasteiger partial charge in [-0.25, -0.2) is 0 Å². The lowest BCUT2D eigenvalue weighted by molar-refractivity contribution is 0.101. The summed E-state index contributed by atoms with van der Waals surface area (Å²) in [4.78, 5) is 11.2. The van der Waals surface area contributed by atoms with Gasteiger partial charge in [0, 0.05) is 23.6 Å². The number of carbonyl (C=O) groups excluding carboxylic acids is 1. The standard InChI is InChI=1S/C12H11NO/c1-10(14)11-5-4-6-12(9-11)13-7-2-3-8-13/h2-9H,1H3. The molecular weight excluding hydrogens is 174 g/mol. The average molecular weight is 185 g/mol. The van der Waals surface area contributed by atoms with E-state index in [2.05, 4.69) is 0 Å². The summed E-state index contributed by atoms with van der Waals surface area (Å²) in [7, 11) is 0. The molecule has 2 nitrogen and oxygen atoms in total. The Balaban J connectivity index is 2.46. The van der Waals surface area contributed by atoms with E-state index in [9.17, 15) is 4.79 Å². The second kappa shape index (κ2) is 3.50. The lowest BCUT2D eigenvalue weighted by Gasteiger charge is -2.03. The van der Waals surface area contributed by atoms with Crippen molar-refractivity contribution in [3.05, 3.63) is 54.4 Å². The van der Waals surface area contributed by atoms with Crippen molar-refractivity contribution in [1.29, 1.82) is 0 Å². The molecule has 14 heavy (non-hydrogen) atoms. The molecule has 70 valence electrons. The third-order valence-corrected chi connectivity index (χ3v) is 2.16. The van der Waals surface area contributed by atoms with Crippen molar-refractivity contribution in [2.45, 2.75) is 6.92 Å². The highest BCUT2D eigenvalue weighted by molar-refractivity contribution is 5.94. The molecule has 0 aliphatic rings. The molecule has 1 heterocycles. The lowest BCUT2D eigenvalue weighted by Crippen LogP contribution is -1.95. The molecule has 1 aromatic carbocycles. The van der Waals surface area contributed by atoms with Gasteiger partial charge in [0.25, 0.3) is 0 Å². The van der Waals surface area contributed by atoms with Crippen LogP contribution in [0.25, 0.3) is 5.69 Å². The van der Waals surface area contributed by atoms with E-state index in [1.807, 2.05) is 53.4 Å². The molecule has 0 unspecified atom stereocenters. The predicted octanol–water partition coefficient (Wildman–Crippen LogP) is 2.68. The Morgan fingerprint density at radius 2 is 1.86 bits per heavy atom. The van der Waals surface area contributed by atoms with Crippen molar-refractivity contribution >= 4 is 5.78 Å². The van der Waals surface area contributed by atoms with Crippen LogP contribution in [-0.2, 0) is 0 Å². The molecule has 0 aliphatic carbocycles. The first-order chi connectivity index (χ1) is 6.77. The summed E-state index contributed by atoms with van der Waals surface area (Å²) >= 11 is 0. The van der Waals surface area contributed by atoms with Gasteiger partial charge in [-0.2, -0.15) is 0 Å². The maximum atomic E-state index is 11.2. The van der Waals surface area contributed by atoms with Crippen LogP contribution in [0.3, 0.4) is 0 Å². The second-order valence-electron chi connectivity index (χ2n) is 3.20. The molecule has 2 heteroatoms. The minimum atomic E-state index is 0.0963. The van der Waals surface area contributed by atoms with Crippen LogP contribution in [0.2, 0.25) is 0 Å². The van der Waals surface area contributed by atoms with Crippen LogP contribution in [0, 0.1) is 0 Å². The minimum Gasteiger partial charge on any atom is -0.324 e. The maximum absolute atomic E-state index is 11.2. The van der Waals surface area contributed by atoms with Gasteiger partial charge < -0.3 is 4.57 Å². The summed E-state index contributed by atoms with van der Waals surface area (Å²) in [5.41, 5.74) is 1.76. The predicted molar refractivity (Wildman–Crippen MR) is 55.8 cm³/mol. The largest absolute Gasteiger partial charge is 0.324 e. The van der Waals surface area contributed by atoms with E-state index in [1.54, 1.807) is 6.92 Å². The zero-order chi connectivity index (χ0) is 9.97. The van der Waals surface area contributed by atoms with Gasteiger partial charge in [-0.3, -0.25) is 4.79 Å². The fourth-order valence-corrected chi connectivity index (χ4v) is 1.39. The van der Waals surface area contributed by atoms with Gasteiger partial charge in [0.05, 0.1) is 0 Å². The van der Waals surface area contributed by atoms with Crippen molar-refractivity contribution in [1.82, 2.24) is 4.57 Å². The number of aromatic nitrogens is 1. The summed E-state index contributed by atoms with van der Waals surface area (Å²) in [6.45, 7) is 1.58. The molecule has 2 aromatic rings. The van der Waals surface area contributed by atoms with Gasteiger partial charge in [-0.1, -0.05) is 12.1 Å². The summed E-state index contributed by atoms with van der Waals surface area (Å²) in [5.74, 6) is 0.0963. The second-order valence-corrected chi connectivity index (χ2v) is 3.20. The van der Waals surface area contributed by atoms with E-state index < -0.39 is 0 Å². The van der Waals surface area contributed by atoms with Gasteiger partial charge in [0.15, 0.2) is 5.78 Å². The number of ketones is 1. The Morgan fingerprint density at radius 1 is 1.14 bits per heavy atom. The SMILES string of the molecule is CC(=O)c1cccc(-n2cccc2)c1. The van der Waals surface area contributed by atoms with Crippen LogP contribution in [-0.4, -0.2) is 10.4 Å².